The second-order valence-electron chi connectivity index (χ2n) is 7.62. The van der Waals surface area contributed by atoms with Gasteiger partial charge in [0.1, 0.15) is 6.61 Å². The predicted octanol–water partition coefficient (Wildman–Crippen LogP) is 5.64. The Bertz CT molecular complexity index is 1070. The number of hydrogen-bond donors (Lipinski definition) is 0. The van der Waals surface area contributed by atoms with Gasteiger partial charge in [-0.1, -0.05) is 54.6 Å². The molecule has 0 aromatic heterocycles. The topological polar surface area (TPSA) is 46.6 Å². The lowest BCUT2D eigenvalue weighted by Crippen LogP contribution is -2.42. The van der Waals surface area contributed by atoms with Crippen molar-refractivity contribution < 1.29 is 27.5 Å². The van der Waals surface area contributed by atoms with E-state index in [0.29, 0.717) is 16.7 Å². The molecule has 33 heavy (non-hydrogen) atoms. The summed E-state index contributed by atoms with van der Waals surface area (Å²) in [5.74, 6) is -0.793. The highest BCUT2D eigenvalue weighted by Gasteiger charge is 2.31. The summed E-state index contributed by atoms with van der Waals surface area (Å²) in [6.45, 7) is 1.83. The second kappa shape index (κ2) is 10.8. The maximum absolute atomic E-state index is 13.2. The van der Waals surface area contributed by atoms with Crippen LogP contribution in [0.2, 0.25) is 0 Å². The lowest BCUT2D eigenvalue weighted by Gasteiger charge is -2.29. The van der Waals surface area contributed by atoms with Gasteiger partial charge in [-0.15, -0.1) is 0 Å². The smallest absolute Gasteiger partial charge is 0.416 e. The van der Waals surface area contributed by atoms with Crippen molar-refractivity contribution in [3.05, 3.63) is 107 Å². The van der Waals surface area contributed by atoms with Gasteiger partial charge in [-0.3, -0.25) is 4.79 Å². The Balaban J connectivity index is 1.74. The molecule has 0 aliphatic heterocycles. The van der Waals surface area contributed by atoms with E-state index in [9.17, 15) is 22.8 Å². The zero-order valence-corrected chi connectivity index (χ0v) is 18.1. The first kappa shape index (κ1) is 24.0. The Labute approximate surface area is 190 Å². The van der Waals surface area contributed by atoms with Crippen LogP contribution < -0.4 is 0 Å². The lowest BCUT2D eigenvalue weighted by molar-refractivity contribution is -0.137. The molecule has 172 valence electrons. The Hall–Kier alpha value is -3.61. The van der Waals surface area contributed by atoms with Crippen LogP contribution in [0.4, 0.5) is 13.2 Å². The van der Waals surface area contributed by atoms with E-state index < -0.39 is 23.8 Å². The number of carbonyl (C=O) groups excluding carboxylic acids is 2. The average Bonchev–Trinajstić information content (AvgIpc) is 2.82. The molecular weight excluding hydrogens is 431 g/mol. The maximum Gasteiger partial charge on any atom is 0.416 e. The van der Waals surface area contributed by atoms with E-state index in [1.807, 2.05) is 0 Å². The minimum Gasteiger partial charge on any atom is -0.460 e. The fourth-order valence-electron chi connectivity index (χ4n) is 3.49. The summed E-state index contributed by atoms with van der Waals surface area (Å²) in [6.07, 6.45) is -4.22. The molecule has 0 heterocycles. The lowest BCUT2D eigenvalue weighted by atomic mass is 10.0. The molecule has 3 rings (SSSR count). The number of carbonyl (C=O) groups is 2. The van der Waals surface area contributed by atoms with Crippen molar-refractivity contribution in [1.29, 1.82) is 0 Å². The number of hydrogen-bond acceptors (Lipinski definition) is 3. The molecule has 0 aliphatic rings. The van der Waals surface area contributed by atoms with Crippen LogP contribution in [-0.4, -0.2) is 36.0 Å². The Kier molecular flexibility index (Phi) is 7.87. The van der Waals surface area contributed by atoms with Crippen LogP contribution in [0.25, 0.3) is 0 Å². The Morgan fingerprint density at radius 3 is 2.09 bits per heavy atom. The van der Waals surface area contributed by atoms with Gasteiger partial charge >= 0.3 is 12.1 Å². The highest BCUT2D eigenvalue weighted by atomic mass is 19.4. The van der Waals surface area contributed by atoms with Gasteiger partial charge in [-0.2, -0.15) is 13.2 Å². The Morgan fingerprint density at radius 1 is 0.879 bits per heavy atom. The SMILES string of the molecule is CC(Cc1cccc(C(F)(F)F)c1)N(CCOC(=O)c1ccccc1)C(=O)c1ccccc1. The number of ether oxygens (including phenoxy) is 1. The summed E-state index contributed by atoms with van der Waals surface area (Å²) in [7, 11) is 0. The first-order valence-electron chi connectivity index (χ1n) is 10.5. The largest absolute Gasteiger partial charge is 0.460 e. The normalized spacial score (nSPS) is 12.1. The highest BCUT2D eigenvalue weighted by molar-refractivity contribution is 5.94. The first-order valence-corrected chi connectivity index (χ1v) is 10.5. The van der Waals surface area contributed by atoms with E-state index in [2.05, 4.69) is 0 Å². The number of esters is 1. The molecule has 0 N–H and O–H groups in total. The van der Waals surface area contributed by atoms with Gasteiger partial charge < -0.3 is 9.64 Å². The van der Waals surface area contributed by atoms with Crippen molar-refractivity contribution in [2.24, 2.45) is 0 Å². The van der Waals surface area contributed by atoms with Crippen molar-refractivity contribution in [2.75, 3.05) is 13.2 Å². The van der Waals surface area contributed by atoms with Gasteiger partial charge in [0.05, 0.1) is 17.7 Å². The third-order valence-electron chi connectivity index (χ3n) is 5.17. The molecule has 3 aromatic carbocycles. The van der Waals surface area contributed by atoms with Crippen molar-refractivity contribution in [1.82, 2.24) is 4.90 Å². The number of benzene rings is 3. The van der Waals surface area contributed by atoms with Crippen molar-refractivity contribution in [3.63, 3.8) is 0 Å². The third kappa shape index (κ3) is 6.68. The fraction of sp³-hybridized carbons (Fsp3) is 0.231. The predicted molar refractivity (Wildman–Crippen MR) is 119 cm³/mol. The number of nitrogens with zero attached hydrogens (tertiary/aromatic N) is 1. The Morgan fingerprint density at radius 2 is 1.48 bits per heavy atom. The summed E-state index contributed by atoms with van der Waals surface area (Å²) in [5, 5.41) is 0. The summed E-state index contributed by atoms with van der Waals surface area (Å²) in [6, 6.07) is 21.7. The summed E-state index contributed by atoms with van der Waals surface area (Å²) < 4.78 is 44.6. The molecule has 0 radical (unpaired) electrons. The quantitative estimate of drug-likeness (QED) is 0.413. The molecule has 0 saturated carbocycles. The highest BCUT2D eigenvalue weighted by Crippen LogP contribution is 2.30. The molecule has 1 unspecified atom stereocenters. The molecule has 1 amide bonds. The molecule has 0 bridgehead atoms. The zero-order chi connectivity index (χ0) is 23.8. The van der Waals surface area contributed by atoms with E-state index >= 15 is 0 Å². The minimum absolute atomic E-state index is 0.0424. The summed E-state index contributed by atoms with van der Waals surface area (Å²) in [4.78, 5) is 26.9. The molecule has 1 atom stereocenters. The second-order valence-corrected chi connectivity index (χ2v) is 7.62. The van der Waals surface area contributed by atoms with Crippen LogP contribution in [0, 0.1) is 0 Å². The molecule has 7 heteroatoms. The zero-order valence-electron chi connectivity index (χ0n) is 18.1. The van der Waals surface area contributed by atoms with Crippen LogP contribution in [0.5, 0.6) is 0 Å². The van der Waals surface area contributed by atoms with Gasteiger partial charge in [0.25, 0.3) is 5.91 Å². The monoisotopic (exact) mass is 455 g/mol. The van der Waals surface area contributed by atoms with Crippen LogP contribution in [-0.2, 0) is 17.3 Å². The van der Waals surface area contributed by atoms with Crippen LogP contribution >= 0.6 is 0 Å². The molecular formula is C26H24F3NO3. The number of alkyl halides is 3. The minimum atomic E-state index is -4.44. The first-order chi connectivity index (χ1) is 15.8. The third-order valence-corrected chi connectivity index (χ3v) is 5.17. The van der Waals surface area contributed by atoms with Crippen molar-refractivity contribution in [2.45, 2.75) is 25.6 Å². The number of halogens is 3. The molecule has 4 nitrogen and oxygen atoms in total. The van der Waals surface area contributed by atoms with Crippen LogP contribution in [0.15, 0.2) is 84.9 Å². The standard InChI is InChI=1S/C26H24F3NO3/c1-19(17-20-9-8-14-23(18-20)26(27,28)29)30(24(31)21-10-4-2-5-11-21)15-16-33-25(32)22-12-6-3-7-13-22/h2-14,18-19H,15-17H2,1H3. The number of rotatable bonds is 8. The van der Waals surface area contributed by atoms with Crippen molar-refractivity contribution >= 4 is 11.9 Å². The fourth-order valence-corrected chi connectivity index (χ4v) is 3.49. The molecule has 3 aromatic rings. The van der Waals surface area contributed by atoms with E-state index in [1.165, 1.54) is 11.0 Å². The van der Waals surface area contributed by atoms with Gasteiger partial charge in [-0.25, -0.2) is 4.79 Å². The summed E-state index contributed by atoms with van der Waals surface area (Å²) >= 11 is 0. The van der Waals surface area contributed by atoms with E-state index in [0.717, 1.165) is 12.1 Å². The molecule has 0 spiro atoms. The van der Waals surface area contributed by atoms with Gasteiger partial charge in [-0.05, 0) is 49.2 Å². The van der Waals surface area contributed by atoms with E-state index in [1.54, 1.807) is 73.7 Å². The van der Waals surface area contributed by atoms with E-state index in [4.69, 9.17) is 4.74 Å². The maximum atomic E-state index is 13.2. The van der Waals surface area contributed by atoms with Gasteiger partial charge in [0, 0.05) is 11.6 Å². The van der Waals surface area contributed by atoms with Gasteiger partial charge in [0.2, 0.25) is 0 Å². The molecule has 0 fully saturated rings. The van der Waals surface area contributed by atoms with Crippen LogP contribution in [0.1, 0.15) is 38.8 Å². The molecule has 0 saturated heterocycles. The van der Waals surface area contributed by atoms with Crippen molar-refractivity contribution in [3.8, 4) is 0 Å². The number of amides is 1. The van der Waals surface area contributed by atoms with Gasteiger partial charge in [0.15, 0.2) is 0 Å². The van der Waals surface area contributed by atoms with Crippen LogP contribution in [0.3, 0.4) is 0 Å². The average molecular weight is 455 g/mol. The molecule has 0 aliphatic carbocycles. The van der Waals surface area contributed by atoms with E-state index in [-0.39, 0.29) is 25.5 Å². The summed E-state index contributed by atoms with van der Waals surface area (Å²) in [5.41, 5.74) is 0.577.